The van der Waals surface area contributed by atoms with Gasteiger partial charge >= 0.3 is 0 Å². The van der Waals surface area contributed by atoms with E-state index in [9.17, 15) is 0 Å². The van der Waals surface area contributed by atoms with Gasteiger partial charge in [-0.3, -0.25) is 4.99 Å². The average Bonchev–Trinajstić information content (AvgIpc) is 2.80. The molecule has 5 heteroatoms. The molecule has 0 aliphatic carbocycles. The van der Waals surface area contributed by atoms with Crippen molar-refractivity contribution in [2.75, 3.05) is 0 Å². The van der Waals surface area contributed by atoms with Crippen LogP contribution in [0.1, 0.15) is 11.1 Å². The lowest BCUT2D eigenvalue weighted by Crippen LogP contribution is -1.98. The summed E-state index contributed by atoms with van der Waals surface area (Å²) in [6.45, 7) is 0.450. The molecule has 0 atom stereocenters. The molecule has 0 spiro atoms. The van der Waals surface area contributed by atoms with E-state index >= 15 is 0 Å². The standard InChI is InChI=1S/C26H19BrClNO2/c27-21-8-15-26(30-18-19-6-9-22(28)10-7-19)20(16-21)17-29-23-11-13-25(14-12-23)31-24-4-2-1-3-5-24/h1-17H,18H2. The smallest absolute Gasteiger partial charge is 0.128 e. The molecule has 4 rings (SSSR count). The van der Waals surface area contributed by atoms with Gasteiger partial charge in [0.2, 0.25) is 0 Å². The Morgan fingerprint density at radius 2 is 1.52 bits per heavy atom. The Morgan fingerprint density at radius 1 is 0.806 bits per heavy atom. The first-order valence-corrected chi connectivity index (χ1v) is 10.9. The van der Waals surface area contributed by atoms with Crippen molar-refractivity contribution in [1.29, 1.82) is 0 Å². The van der Waals surface area contributed by atoms with Crippen LogP contribution >= 0.6 is 27.5 Å². The number of rotatable bonds is 7. The molecule has 4 aromatic rings. The number of benzene rings is 4. The van der Waals surface area contributed by atoms with Crippen molar-refractivity contribution in [3.05, 3.63) is 118 Å². The summed E-state index contributed by atoms with van der Waals surface area (Å²) < 4.78 is 12.8. The van der Waals surface area contributed by atoms with E-state index in [1.165, 1.54) is 0 Å². The number of hydrogen-bond donors (Lipinski definition) is 0. The fraction of sp³-hybridized carbons (Fsp3) is 0.0385. The van der Waals surface area contributed by atoms with Gasteiger partial charge in [0.15, 0.2) is 0 Å². The number of hydrogen-bond acceptors (Lipinski definition) is 3. The van der Waals surface area contributed by atoms with E-state index in [1.807, 2.05) is 97.1 Å². The van der Waals surface area contributed by atoms with Crippen molar-refractivity contribution in [2.24, 2.45) is 4.99 Å². The molecule has 0 unspecified atom stereocenters. The van der Waals surface area contributed by atoms with Crippen molar-refractivity contribution in [3.63, 3.8) is 0 Å². The van der Waals surface area contributed by atoms with Crippen molar-refractivity contribution in [1.82, 2.24) is 0 Å². The van der Waals surface area contributed by atoms with Crippen LogP contribution in [0.15, 0.2) is 107 Å². The fourth-order valence-corrected chi connectivity index (χ4v) is 3.37. The summed E-state index contributed by atoms with van der Waals surface area (Å²) in [6, 6.07) is 30.8. The highest BCUT2D eigenvalue weighted by Gasteiger charge is 2.04. The van der Waals surface area contributed by atoms with Crippen LogP contribution in [0.2, 0.25) is 5.02 Å². The highest BCUT2D eigenvalue weighted by atomic mass is 79.9. The number of nitrogens with zero attached hydrogens (tertiary/aromatic N) is 1. The van der Waals surface area contributed by atoms with E-state index < -0.39 is 0 Å². The third-order valence-corrected chi connectivity index (χ3v) is 5.19. The summed E-state index contributed by atoms with van der Waals surface area (Å²) in [5.41, 5.74) is 2.75. The number of aliphatic imine (C=N–C) groups is 1. The van der Waals surface area contributed by atoms with Gasteiger partial charge in [0.25, 0.3) is 0 Å². The van der Waals surface area contributed by atoms with E-state index in [4.69, 9.17) is 21.1 Å². The van der Waals surface area contributed by atoms with Crippen molar-refractivity contribution in [3.8, 4) is 17.2 Å². The molecular formula is C26H19BrClNO2. The van der Waals surface area contributed by atoms with Crippen LogP contribution < -0.4 is 9.47 Å². The number of ether oxygens (including phenoxy) is 2. The van der Waals surface area contributed by atoms with Crippen LogP contribution in [0.3, 0.4) is 0 Å². The number of halogens is 2. The predicted molar refractivity (Wildman–Crippen MR) is 130 cm³/mol. The number of para-hydroxylation sites is 1. The van der Waals surface area contributed by atoms with Gasteiger partial charge in [-0.15, -0.1) is 0 Å². The molecule has 31 heavy (non-hydrogen) atoms. The quantitative estimate of drug-likeness (QED) is 0.243. The predicted octanol–water partition coefficient (Wildman–Crippen LogP) is 8.22. The zero-order valence-electron chi connectivity index (χ0n) is 16.5. The second-order valence-corrected chi connectivity index (χ2v) is 8.12. The van der Waals surface area contributed by atoms with Crippen LogP contribution in [0.25, 0.3) is 0 Å². The molecule has 0 aromatic heterocycles. The molecule has 0 radical (unpaired) electrons. The van der Waals surface area contributed by atoms with Crippen LogP contribution in [0, 0.1) is 0 Å². The lowest BCUT2D eigenvalue weighted by Gasteiger charge is -2.10. The third kappa shape index (κ3) is 6.20. The SMILES string of the molecule is Clc1ccc(COc2ccc(Br)cc2C=Nc2ccc(Oc3ccccc3)cc2)cc1. The van der Waals surface area contributed by atoms with E-state index in [0.29, 0.717) is 11.6 Å². The first-order chi connectivity index (χ1) is 15.2. The van der Waals surface area contributed by atoms with E-state index in [-0.39, 0.29) is 0 Å². The molecule has 0 saturated heterocycles. The monoisotopic (exact) mass is 491 g/mol. The highest BCUT2D eigenvalue weighted by Crippen LogP contribution is 2.26. The summed E-state index contributed by atoms with van der Waals surface area (Å²) in [4.78, 5) is 4.59. The molecule has 0 saturated carbocycles. The first kappa shape index (κ1) is 21.2. The molecule has 4 aromatic carbocycles. The molecule has 3 nitrogen and oxygen atoms in total. The molecule has 154 valence electrons. The van der Waals surface area contributed by atoms with Gasteiger partial charge < -0.3 is 9.47 Å². The fourth-order valence-electron chi connectivity index (χ4n) is 2.86. The van der Waals surface area contributed by atoms with Crippen molar-refractivity contribution >= 4 is 39.4 Å². The van der Waals surface area contributed by atoms with Gasteiger partial charge in [0.1, 0.15) is 23.9 Å². The van der Waals surface area contributed by atoms with Crippen LogP contribution in [0.5, 0.6) is 17.2 Å². The van der Waals surface area contributed by atoms with E-state index in [2.05, 4.69) is 20.9 Å². The topological polar surface area (TPSA) is 30.8 Å². The molecule has 0 aliphatic heterocycles. The summed E-state index contributed by atoms with van der Waals surface area (Å²) in [5, 5.41) is 0.709. The Morgan fingerprint density at radius 3 is 2.26 bits per heavy atom. The summed E-state index contributed by atoms with van der Waals surface area (Å²) >= 11 is 9.47. The van der Waals surface area contributed by atoms with E-state index in [1.54, 1.807) is 6.21 Å². The van der Waals surface area contributed by atoms with Gasteiger partial charge in [-0.05, 0) is 72.3 Å². The summed E-state index contributed by atoms with van der Waals surface area (Å²) in [6.07, 6.45) is 1.80. The largest absolute Gasteiger partial charge is 0.488 e. The molecule has 0 heterocycles. The second kappa shape index (κ2) is 10.3. The zero-order chi connectivity index (χ0) is 21.5. The molecule has 0 aliphatic rings. The van der Waals surface area contributed by atoms with Crippen molar-refractivity contribution in [2.45, 2.75) is 6.61 Å². The zero-order valence-corrected chi connectivity index (χ0v) is 18.9. The van der Waals surface area contributed by atoms with Crippen molar-refractivity contribution < 1.29 is 9.47 Å². The minimum Gasteiger partial charge on any atom is -0.488 e. The Bertz CT molecular complexity index is 1160. The average molecular weight is 493 g/mol. The third-order valence-electron chi connectivity index (χ3n) is 4.45. The summed E-state index contributed by atoms with van der Waals surface area (Å²) in [7, 11) is 0. The van der Waals surface area contributed by atoms with Gasteiger partial charge in [-0.2, -0.15) is 0 Å². The van der Waals surface area contributed by atoms with Crippen LogP contribution in [-0.4, -0.2) is 6.21 Å². The first-order valence-electron chi connectivity index (χ1n) is 9.69. The maximum Gasteiger partial charge on any atom is 0.128 e. The Kier molecular flexibility index (Phi) is 7.03. The maximum absolute atomic E-state index is 6.02. The van der Waals surface area contributed by atoms with Gasteiger partial charge in [-0.1, -0.05) is 57.9 Å². The Balaban J connectivity index is 1.45. The Hall–Kier alpha value is -3.08. The van der Waals surface area contributed by atoms with Crippen LogP contribution in [0.4, 0.5) is 5.69 Å². The molecule has 0 bridgehead atoms. The molecule has 0 N–H and O–H groups in total. The molecule has 0 fully saturated rings. The minimum atomic E-state index is 0.450. The van der Waals surface area contributed by atoms with Gasteiger partial charge in [-0.25, -0.2) is 0 Å². The van der Waals surface area contributed by atoms with E-state index in [0.717, 1.165) is 38.5 Å². The summed E-state index contributed by atoms with van der Waals surface area (Å²) in [5.74, 6) is 2.32. The minimum absolute atomic E-state index is 0.450. The normalized spacial score (nSPS) is 10.9. The lowest BCUT2D eigenvalue weighted by molar-refractivity contribution is 0.306. The van der Waals surface area contributed by atoms with Gasteiger partial charge in [0.05, 0.1) is 5.69 Å². The lowest BCUT2D eigenvalue weighted by atomic mass is 10.2. The van der Waals surface area contributed by atoms with Crippen LogP contribution in [-0.2, 0) is 6.61 Å². The highest BCUT2D eigenvalue weighted by molar-refractivity contribution is 9.10. The Labute approximate surface area is 195 Å². The van der Waals surface area contributed by atoms with Gasteiger partial charge in [0, 0.05) is 21.3 Å². The maximum atomic E-state index is 6.02. The molecular weight excluding hydrogens is 474 g/mol. The second-order valence-electron chi connectivity index (χ2n) is 6.76. The molecule has 0 amide bonds.